The smallest absolute Gasteiger partial charge is 0.261 e. The highest BCUT2D eigenvalue weighted by Gasteiger charge is 2.15. The summed E-state index contributed by atoms with van der Waals surface area (Å²) >= 11 is 5.78. The van der Waals surface area contributed by atoms with Crippen molar-refractivity contribution in [2.75, 3.05) is 11.3 Å². The number of benzene rings is 2. The Hall–Kier alpha value is -2.05. The molecule has 2 aromatic rings. The van der Waals surface area contributed by atoms with E-state index < -0.39 is 10.0 Å². The number of anilines is 1. The molecule has 0 radical (unpaired) electrons. The number of halogens is 1. The van der Waals surface area contributed by atoms with Crippen LogP contribution in [0, 0.1) is 5.92 Å². The third-order valence-corrected chi connectivity index (χ3v) is 5.16. The third-order valence-electron chi connectivity index (χ3n) is 3.51. The number of rotatable bonds is 7. The molecule has 7 heteroatoms. The monoisotopic (exact) mass is 380 g/mol. The van der Waals surface area contributed by atoms with Crippen LogP contribution >= 0.6 is 11.6 Å². The molecule has 0 unspecified atom stereocenters. The van der Waals surface area contributed by atoms with Gasteiger partial charge in [-0.1, -0.05) is 31.5 Å². The Morgan fingerprint density at radius 2 is 1.80 bits per heavy atom. The van der Waals surface area contributed by atoms with Gasteiger partial charge in [-0.3, -0.25) is 9.52 Å². The van der Waals surface area contributed by atoms with Crippen LogP contribution in [0.3, 0.4) is 0 Å². The molecule has 25 heavy (non-hydrogen) atoms. The van der Waals surface area contributed by atoms with Crippen LogP contribution in [0.2, 0.25) is 5.02 Å². The summed E-state index contributed by atoms with van der Waals surface area (Å²) in [4.78, 5) is 12.2. The predicted molar refractivity (Wildman–Crippen MR) is 100 cm³/mol. The van der Waals surface area contributed by atoms with Crippen LogP contribution in [0.25, 0.3) is 0 Å². The molecule has 0 saturated heterocycles. The van der Waals surface area contributed by atoms with E-state index in [4.69, 9.17) is 11.6 Å². The Bertz CT molecular complexity index is 834. The van der Waals surface area contributed by atoms with Crippen molar-refractivity contribution in [2.24, 2.45) is 5.92 Å². The van der Waals surface area contributed by atoms with Crippen LogP contribution in [-0.2, 0) is 10.0 Å². The second-order valence-electron chi connectivity index (χ2n) is 6.08. The van der Waals surface area contributed by atoms with Crippen molar-refractivity contribution < 1.29 is 13.2 Å². The van der Waals surface area contributed by atoms with E-state index in [9.17, 15) is 13.2 Å². The topological polar surface area (TPSA) is 75.3 Å². The molecule has 0 fully saturated rings. The summed E-state index contributed by atoms with van der Waals surface area (Å²) in [5.74, 6) is 0.269. The Labute approximate surface area is 153 Å². The summed E-state index contributed by atoms with van der Waals surface area (Å²) in [6.45, 7) is 4.74. The molecule has 0 saturated carbocycles. The van der Waals surface area contributed by atoms with E-state index in [1.165, 1.54) is 30.3 Å². The van der Waals surface area contributed by atoms with E-state index in [1.807, 2.05) is 0 Å². The minimum atomic E-state index is -3.74. The van der Waals surface area contributed by atoms with Gasteiger partial charge in [0.05, 0.1) is 4.90 Å². The van der Waals surface area contributed by atoms with Gasteiger partial charge in [-0.25, -0.2) is 8.42 Å². The Morgan fingerprint density at radius 1 is 1.12 bits per heavy atom. The molecular weight excluding hydrogens is 360 g/mol. The van der Waals surface area contributed by atoms with Gasteiger partial charge in [0.25, 0.3) is 15.9 Å². The standard InChI is InChI=1S/C18H21ClN2O3S/c1-13(2)10-11-20-18(22)14-4-3-5-16(12-14)21-25(23,24)17-8-6-15(19)7-9-17/h3-9,12-13,21H,10-11H2,1-2H3,(H,20,22). The quantitative estimate of drug-likeness (QED) is 0.764. The minimum Gasteiger partial charge on any atom is -0.352 e. The fourth-order valence-corrected chi connectivity index (χ4v) is 3.30. The molecule has 2 aromatic carbocycles. The summed E-state index contributed by atoms with van der Waals surface area (Å²) in [5, 5.41) is 3.28. The number of nitrogens with one attached hydrogen (secondary N) is 2. The molecule has 2 N–H and O–H groups in total. The van der Waals surface area contributed by atoms with Gasteiger partial charge in [0.2, 0.25) is 0 Å². The number of hydrogen-bond donors (Lipinski definition) is 2. The van der Waals surface area contributed by atoms with Crippen LogP contribution in [0.1, 0.15) is 30.6 Å². The van der Waals surface area contributed by atoms with Crippen molar-refractivity contribution in [1.29, 1.82) is 0 Å². The van der Waals surface area contributed by atoms with Crippen molar-refractivity contribution in [3.63, 3.8) is 0 Å². The van der Waals surface area contributed by atoms with E-state index >= 15 is 0 Å². The van der Waals surface area contributed by atoms with E-state index in [1.54, 1.807) is 18.2 Å². The lowest BCUT2D eigenvalue weighted by molar-refractivity contribution is 0.0952. The van der Waals surface area contributed by atoms with Crippen LogP contribution in [0.15, 0.2) is 53.4 Å². The average molecular weight is 381 g/mol. The lowest BCUT2D eigenvalue weighted by Crippen LogP contribution is -2.25. The maximum absolute atomic E-state index is 12.4. The Balaban J connectivity index is 2.10. The zero-order valence-corrected chi connectivity index (χ0v) is 15.7. The first-order chi connectivity index (χ1) is 11.8. The van der Waals surface area contributed by atoms with Crippen molar-refractivity contribution >= 4 is 33.2 Å². The highest BCUT2D eigenvalue weighted by Crippen LogP contribution is 2.19. The highest BCUT2D eigenvalue weighted by atomic mass is 35.5. The molecule has 0 heterocycles. The summed E-state index contributed by atoms with van der Waals surface area (Å²) < 4.78 is 27.2. The first-order valence-electron chi connectivity index (χ1n) is 7.94. The average Bonchev–Trinajstić information content (AvgIpc) is 2.54. The first kappa shape index (κ1) is 19.3. The van der Waals surface area contributed by atoms with Crippen LogP contribution in [0.5, 0.6) is 0 Å². The molecule has 0 spiro atoms. The van der Waals surface area contributed by atoms with Gasteiger partial charge in [0, 0.05) is 22.8 Å². The molecule has 134 valence electrons. The number of carbonyl (C=O) groups is 1. The van der Waals surface area contributed by atoms with Crippen molar-refractivity contribution in [1.82, 2.24) is 5.32 Å². The molecule has 5 nitrogen and oxygen atoms in total. The van der Waals surface area contributed by atoms with Gasteiger partial charge in [0.15, 0.2) is 0 Å². The number of carbonyl (C=O) groups excluding carboxylic acids is 1. The number of amides is 1. The second-order valence-corrected chi connectivity index (χ2v) is 8.20. The Morgan fingerprint density at radius 3 is 2.44 bits per heavy atom. The zero-order valence-electron chi connectivity index (χ0n) is 14.1. The summed E-state index contributed by atoms with van der Waals surface area (Å²) in [7, 11) is -3.74. The van der Waals surface area contributed by atoms with E-state index in [2.05, 4.69) is 23.9 Å². The minimum absolute atomic E-state index is 0.101. The molecule has 0 atom stereocenters. The Kier molecular flexibility index (Phi) is 6.45. The summed E-state index contributed by atoms with van der Waals surface area (Å²) in [6, 6.07) is 12.3. The normalized spacial score (nSPS) is 11.4. The van der Waals surface area contributed by atoms with E-state index in [-0.39, 0.29) is 10.8 Å². The van der Waals surface area contributed by atoms with E-state index in [0.717, 1.165) is 6.42 Å². The molecule has 1 amide bonds. The van der Waals surface area contributed by atoms with Crippen molar-refractivity contribution in [2.45, 2.75) is 25.2 Å². The van der Waals surface area contributed by atoms with Gasteiger partial charge < -0.3 is 5.32 Å². The molecule has 0 aliphatic rings. The first-order valence-corrected chi connectivity index (χ1v) is 9.81. The number of sulfonamides is 1. The van der Waals surface area contributed by atoms with Crippen molar-refractivity contribution in [3.05, 3.63) is 59.1 Å². The molecule has 0 aliphatic carbocycles. The van der Waals surface area contributed by atoms with E-state index in [0.29, 0.717) is 28.7 Å². The summed E-state index contributed by atoms with van der Waals surface area (Å²) in [6.07, 6.45) is 0.884. The lowest BCUT2D eigenvalue weighted by Gasteiger charge is -2.10. The van der Waals surface area contributed by atoms with Gasteiger partial charge in [0.1, 0.15) is 0 Å². The molecule has 0 bridgehead atoms. The largest absolute Gasteiger partial charge is 0.352 e. The maximum atomic E-state index is 12.4. The lowest BCUT2D eigenvalue weighted by atomic mass is 10.1. The van der Waals surface area contributed by atoms with Crippen LogP contribution in [-0.4, -0.2) is 20.9 Å². The molecular formula is C18H21ClN2O3S. The molecule has 0 aliphatic heterocycles. The zero-order chi connectivity index (χ0) is 18.4. The van der Waals surface area contributed by atoms with Gasteiger partial charge in [-0.2, -0.15) is 0 Å². The SMILES string of the molecule is CC(C)CCNC(=O)c1cccc(NS(=O)(=O)c2ccc(Cl)cc2)c1. The molecule has 0 aromatic heterocycles. The van der Waals surface area contributed by atoms with Gasteiger partial charge in [-0.15, -0.1) is 0 Å². The number of hydrogen-bond acceptors (Lipinski definition) is 3. The maximum Gasteiger partial charge on any atom is 0.261 e. The highest BCUT2D eigenvalue weighted by molar-refractivity contribution is 7.92. The fourth-order valence-electron chi connectivity index (χ4n) is 2.13. The fraction of sp³-hybridized carbons (Fsp3) is 0.278. The predicted octanol–water partition coefficient (Wildman–Crippen LogP) is 3.92. The van der Waals surface area contributed by atoms with Gasteiger partial charge >= 0.3 is 0 Å². The van der Waals surface area contributed by atoms with Crippen molar-refractivity contribution in [3.8, 4) is 0 Å². The third kappa shape index (κ3) is 5.76. The second kappa shape index (κ2) is 8.36. The van der Waals surface area contributed by atoms with Gasteiger partial charge in [-0.05, 0) is 54.8 Å². The summed E-state index contributed by atoms with van der Waals surface area (Å²) in [5.41, 5.74) is 0.728. The molecule has 2 rings (SSSR count). The van der Waals surface area contributed by atoms with Crippen LogP contribution < -0.4 is 10.0 Å². The van der Waals surface area contributed by atoms with Crippen LogP contribution in [0.4, 0.5) is 5.69 Å².